The number of urea groups is 1. The topological polar surface area (TPSA) is 93.7 Å². The lowest BCUT2D eigenvalue weighted by Gasteiger charge is -2.36. The van der Waals surface area contributed by atoms with Gasteiger partial charge in [-0.15, -0.1) is 0 Å². The zero-order valence-electron chi connectivity index (χ0n) is 18.5. The van der Waals surface area contributed by atoms with E-state index in [1.165, 1.54) is 11.1 Å². The lowest BCUT2D eigenvalue weighted by atomic mass is 10.2. The van der Waals surface area contributed by atoms with Crippen LogP contribution in [0.15, 0.2) is 24.4 Å². The summed E-state index contributed by atoms with van der Waals surface area (Å²) in [7, 11) is 0. The third-order valence-electron chi connectivity index (χ3n) is 5.81. The standard InChI is InChI=1S/C22H27F2N7O2/c1-2-25-22(33)28-21-19(23)15(7-8-26-21)14-29-10-12-30(13-11-29)16-5-6-17(27-20(16)24)31-9-3-4-18(31)32/h5-8H,2-4,9-14H2,1H3,(H2,25,26,28,33). The number of anilines is 3. The van der Waals surface area contributed by atoms with Crippen molar-refractivity contribution in [2.45, 2.75) is 26.3 Å². The average molecular weight is 460 g/mol. The van der Waals surface area contributed by atoms with Crippen LogP contribution in [0.4, 0.5) is 30.9 Å². The molecule has 176 valence electrons. The Morgan fingerprint density at radius 2 is 1.91 bits per heavy atom. The fourth-order valence-electron chi connectivity index (χ4n) is 4.09. The molecule has 2 saturated heterocycles. The molecular formula is C22H27F2N7O2. The number of piperazine rings is 1. The van der Waals surface area contributed by atoms with Crippen LogP contribution < -0.4 is 20.4 Å². The highest BCUT2D eigenvalue weighted by atomic mass is 19.1. The fraction of sp³-hybridized carbons (Fsp3) is 0.455. The number of nitrogens with one attached hydrogen (secondary N) is 2. The van der Waals surface area contributed by atoms with E-state index in [0.29, 0.717) is 69.3 Å². The Kier molecular flexibility index (Phi) is 6.97. The largest absolute Gasteiger partial charge is 0.365 e. The molecule has 0 aromatic carbocycles. The minimum Gasteiger partial charge on any atom is -0.365 e. The molecule has 9 nitrogen and oxygen atoms in total. The van der Waals surface area contributed by atoms with E-state index in [4.69, 9.17) is 0 Å². The normalized spacial score (nSPS) is 16.9. The van der Waals surface area contributed by atoms with Gasteiger partial charge in [0.1, 0.15) is 5.82 Å². The maximum atomic E-state index is 14.8. The summed E-state index contributed by atoms with van der Waals surface area (Å²) in [6, 6.07) is 4.43. The van der Waals surface area contributed by atoms with E-state index >= 15 is 0 Å². The Hall–Kier alpha value is -3.34. The van der Waals surface area contributed by atoms with Gasteiger partial charge in [-0.2, -0.15) is 4.39 Å². The maximum Gasteiger partial charge on any atom is 0.320 e. The van der Waals surface area contributed by atoms with Gasteiger partial charge >= 0.3 is 6.03 Å². The van der Waals surface area contributed by atoms with Crippen LogP contribution in [0.2, 0.25) is 0 Å². The second-order valence-electron chi connectivity index (χ2n) is 8.01. The van der Waals surface area contributed by atoms with Gasteiger partial charge < -0.3 is 10.2 Å². The molecule has 0 unspecified atom stereocenters. The third kappa shape index (κ3) is 5.19. The smallest absolute Gasteiger partial charge is 0.320 e. The zero-order chi connectivity index (χ0) is 23.4. The SMILES string of the molecule is CCNC(=O)Nc1nccc(CN2CCN(c3ccc(N4CCCC4=O)nc3F)CC2)c1F. The van der Waals surface area contributed by atoms with E-state index in [0.717, 1.165) is 6.42 Å². The molecule has 2 aromatic rings. The van der Waals surface area contributed by atoms with Gasteiger partial charge in [0.2, 0.25) is 11.9 Å². The molecule has 2 aliphatic heterocycles. The first-order valence-corrected chi connectivity index (χ1v) is 11.1. The Morgan fingerprint density at radius 3 is 2.58 bits per heavy atom. The molecule has 0 atom stereocenters. The van der Waals surface area contributed by atoms with Crippen LogP contribution in [0, 0.1) is 11.8 Å². The zero-order valence-corrected chi connectivity index (χ0v) is 18.5. The molecule has 2 N–H and O–H groups in total. The maximum absolute atomic E-state index is 14.8. The number of amides is 3. The van der Waals surface area contributed by atoms with Gasteiger partial charge in [0.05, 0.1) is 5.69 Å². The highest BCUT2D eigenvalue weighted by molar-refractivity contribution is 5.94. The number of hydrogen-bond acceptors (Lipinski definition) is 6. The van der Waals surface area contributed by atoms with Crippen molar-refractivity contribution >= 4 is 29.3 Å². The van der Waals surface area contributed by atoms with E-state index < -0.39 is 17.8 Å². The van der Waals surface area contributed by atoms with E-state index in [-0.39, 0.29) is 11.7 Å². The quantitative estimate of drug-likeness (QED) is 0.645. The van der Waals surface area contributed by atoms with E-state index in [9.17, 15) is 18.4 Å². The number of nitrogens with zero attached hydrogens (tertiary/aromatic N) is 5. The Labute approximate surface area is 190 Å². The molecule has 0 radical (unpaired) electrons. The lowest BCUT2D eigenvalue weighted by Crippen LogP contribution is -2.46. The van der Waals surface area contributed by atoms with E-state index in [2.05, 4.69) is 25.5 Å². The van der Waals surface area contributed by atoms with Gasteiger partial charge in [-0.05, 0) is 31.5 Å². The molecule has 0 bridgehead atoms. The third-order valence-corrected chi connectivity index (χ3v) is 5.81. The highest BCUT2D eigenvalue weighted by Gasteiger charge is 2.26. The monoisotopic (exact) mass is 459 g/mol. The second kappa shape index (κ2) is 10.1. The lowest BCUT2D eigenvalue weighted by molar-refractivity contribution is -0.117. The number of carbonyl (C=O) groups excluding carboxylic acids is 2. The van der Waals surface area contributed by atoms with Crippen molar-refractivity contribution in [3.05, 3.63) is 41.7 Å². The van der Waals surface area contributed by atoms with Crippen molar-refractivity contribution in [2.24, 2.45) is 0 Å². The van der Waals surface area contributed by atoms with Gasteiger partial charge in [0.25, 0.3) is 0 Å². The van der Waals surface area contributed by atoms with Crippen LogP contribution in [0.5, 0.6) is 0 Å². The van der Waals surface area contributed by atoms with E-state index in [1.54, 1.807) is 25.1 Å². The molecule has 33 heavy (non-hydrogen) atoms. The molecule has 4 heterocycles. The van der Waals surface area contributed by atoms with Crippen molar-refractivity contribution in [1.82, 2.24) is 20.2 Å². The number of halogens is 2. The average Bonchev–Trinajstić information content (AvgIpc) is 3.23. The second-order valence-corrected chi connectivity index (χ2v) is 8.01. The predicted molar refractivity (Wildman–Crippen MR) is 120 cm³/mol. The highest BCUT2D eigenvalue weighted by Crippen LogP contribution is 2.26. The van der Waals surface area contributed by atoms with Crippen LogP contribution >= 0.6 is 0 Å². The number of aromatic nitrogens is 2. The summed E-state index contributed by atoms with van der Waals surface area (Å²) in [5.74, 6) is -0.948. The molecular weight excluding hydrogens is 432 g/mol. The Morgan fingerprint density at radius 1 is 1.12 bits per heavy atom. The van der Waals surface area contributed by atoms with Gasteiger partial charge in [-0.25, -0.2) is 19.2 Å². The van der Waals surface area contributed by atoms with Crippen molar-refractivity contribution in [3.8, 4) is 0 Å². The Balaban J connectivity index is 1.36. The van der Waals surface area contributed by atoms with Crippen LogP contribution in [0.1, 0.15) is 25.3 Å². The van der Waals surface area contributed by atoms with Crippen LogP contribution in [0.3, 0.4) is 0 Å². The summed E-state index contributed by atoms with van der Waals surface area (Å²) in [5.41, 5.74) is 0.825. The van der Waals surface area contributed by atoms with Crippen molar-refractivity contribution in [1.29, 1.82) is 0 Å². The van der Waals surface area contributed by atoms with Crippen LogP contribution in [-0.2, 0) is 11.3 Å². The predicted octanol–water partition coefficient (Wildman–Crippen LogP) is 2.35. The first-order chi connectivity index (χ1) is 16.0. The molecule has 2 fully saturated rings. The number of pyridine rings is 2. The molecule has 0 saturated carbocycles. The molecule has 0 aliphatic carbocycles. The van der Waals surface area contributed by atoms with Crippen molar-refractivity contribution < 1.29 is 18.4 Å². The molecule has 11 heteroatoms. The molecule has 0 spiro atoms. The summed E-state index contributed by atoms with van der Waals surface area (Å²) in [6.45, 7) is 5.42. The minimum atomic E-state index is -0.595. The van der Waals surface area contributed by atoms with Crippen molar-refractivity contribution in [3.63, 3.8) is 0 Å². The van der Waals surface area contributed by atoms with Gasteiger partial charge in [-0.1, -0.05) is 0 Å². The number of carbonyl (C=O) groups is 2. The fourth-order valence-corrected chi connectivity index (χ4v) is 4.09. The molecule has 2 aromatic heterocycles. The minimum absolute atomic E-state index is 0.0315. The van der Waals surface area contributed by atoms with E-state index in [1.807, 2.05) is 4.90 Å². The Bertz CT molecular complexity index is 1030. The molecule has 2 aliphatic rings. The molecule has 4 rings (SSSR count). The summed E-state index contributed by atoms with van der Waals surface area (Å²) in [5, 5.41) is 4.96. The first-order valence-electron chi connectivity index (χ1n) is 11.1. The summed E-state index contributed by atoms with van der Waals surface area (Å²) in [6.07, 6.45) is 2.69. The van der Waals surface area contributed by atoms with Crippen molar-refractivity contribution in [2.75, 3.05) is 54.4 Å². The summed E-state index contributed by atoms with van der Waals surface area (Å²) < 4.78 is 29.5. The van der Waals surface area contributed by atoms with Crippen LogP contribution in [0.25, 0.3) is 0 Å². The summed E-state index contributed by atoms with van der Waals surface area (Å²) >= 11 is 0. The van der Waals surface area contributed by atoms with Gasteiger partial charge in [-0.3, -0.25) is 19.9 Å². The number of hydrogen-bond donors (Lipinski definition) is 2. The first kappa shape index (κ1) is 22.8. The van der Waals surface area contributed by atoms with Gasteiger partial charge in [0, 0.05) is 64.0 Å². The van der Waals surface area contributed by atoms with Crippen LogP contribution in [-0.4, -0.2) is 66.1 Å². The number of rotatable bonds is 6. The summed E-state index contributed by atoms with van der Waals surface area (Å²) in [4.78, 5) is 37.0. The van der Waals surface area contributed by atoms with Gasteiger partial charge in [0.15, 0.2) is 11.6 Å². The molecule has 3 amide bonds.